The quantitative estimate of drug-likeness (QED) is 0.263. The number of sulfonamides is 1. The molecule has 0 saturated carbocycles. The lowest BCUT2D eigenvalue weighted by molar-refractivity contribution is 0.0730. The number of nitrogens with one attached hydrogen (secondary N) is 1. The molecule has 1 fully saturated rings. The molecule has 1 N–H and O–H groups in total. The third-order valence-corrected chi connectivity index (χ3v) is 9.18. The molecule has 1 amide bonds. The molecule has 9 nitrogen and oxygen atoms in total. The Balaban J connectivity index is 1.42. The number of carbonyl (C=O) groups is 2. The molecule has 178 valence electrons. The summed E-state index contributed by atoms with van der Waals surface area (Å²) in [6, 6.07) is 13.0. The van der Waals surface area contributed by atoms with Crippen molar-refractivity contribution in [2.24, 2.45) is 0 Å². The van der Waals surface area contributed by atoms with Crippen LogP contribution < -0.4 is 5.32 Å². The number of halogens is 1. The van der Waals surface area contributed by atoms with Crippen molar-refractivity contribution in [2.45, 2.75) is 9.24 Å². The molecule has 0 atom stereocenters. The second-order valence-corrected chi connectivity index (χ2v) is 11.6. The Morgan fingerprint density at radius 2 is 1.82 bits per heavy atom. The topological polar surface area (TPSA) is 119 Å². The van der Waals surface area contributed by atoms with Crippen LogP contribution >= 0.6 is 34.7 Å². The normalized spacial score (nSPS) is 14.6. The van der Waals surface area contributed by atoms with Gasteiger partial charge in [-0.1, -0.05) is 65.0 Å². The van der Waals surface area contributed by atoms with Crippen LogP contribution in [0.5, 0.6) is 0 Å². The maximum Gasteiger partial charge on any atom is 0.257 e. The first-order valence-corrected chi connectivity index (χ1v) is 13.7. The van der Waals surface area contributed by atoms with Crippen LogP contribution in [-0.4, -0.2) is 66.7 Å². The van der Waals surface area contributed by atoms with Crippen LogP contribution in [0.15, 0.2) is 57.8 Å². The van der Waals surface area contributed by atoms with E-state index in [1.54, 1.807) is 24.3 Å². The number of ether oxygens (including phenoxy) is 1. The average molecular weight is 539 g/mol. The van der Waals surface area contributed by atoms with Crippen LogP contribution in [-0.2, 0) is 14.8 Å². The van der Waals surface area contributed by atoms with Crippen molar-refractivity contribution >= 4 is 61.5 Å². The number of nitrogens with zero attached hydrogens (tertiary/aromatic N) is 3. The number of thioether (sulfide) groups is 1. The van der Waals surface area contributed by atoms with Gasteiger partial charge in [0.2, 0.25) is 15.2 Å². The van der Waals surface area contributed by atoms with Crippen LogP contribution in [0.2, 0.25) is 5.02 Å². The summed E-state index contributed by atoms with van der Waals surface area (Å²) in [6.45, 7) is 1.02. The zero-order valence-electron chi connectivity index (χ0n) is 17.6. The lowest BCUT2D eigenvalue weighted by Gasteiger charge is -2.26. The van der Waals surface area contributed by atoms with Crippen molar-refractivity contribution in [1.82, 2.24) is 14.5 Å². The number of hydrogen-bond acceptors (Lipinski definition) is 9. The minimum Gasteiger partial charge on any atom is -0.379 e. The molecule has 1 saturated heterocycles. The molecular weight excluding hydrogens is 520 g/mol. The number of Topliss-reactive ketones (excluding diaryl/α,β-unsaturated/α-hetero) is 1. The van der Waals surface area contributed by atoms with E-state index < -0.39 is 15.9 Å². The molecule has 2 heterocycles. The van der Waals surface area contributed by atoms with Crippen LogP contribution in [0.25, 0.3) is 0 Å². The number of ketones is 1. The fourth-order valence-electron chi connectivity index (χ4n) is 3.09. The molecule has 3 aromatic rings. The van der Waals surface area contributed by atoms with Gasteiger partial charge in [-0.25, -0.2) is 8.42 Å². The van der Waals surface area contributed by atoms with E-state index in [9.17, 15) is 18.0 Å². The van der Waals surface area contributed by atoms with E-state index in [1.807, 2.05) is 6.07 Å². The Labute approximate surface area is 209 Å². The van der Waals surface area contributed by atoms with Crippen molar-refractivity contribution in [3.63, 3.8) is 0 Å². The molecule has 0 radical (unpaired) electrons. The van der Waals surface area contributed by atoms with Crippen LogP contribution in [0.3, 0.4) is 0 Å². The monoisotopic (exact) mass is 538 g/mol. The first-order valence-electron chi connectivity index (χ1n) is 10.1. The van der Waals surface area contributed by atoms with Crippen molar-refractivity contribution < 1.29 is 22.7 Å². The number of amides is 1. The summed E-state index contributed by atoms with van der Waals surface area (Å²) in [5.74, 6) is -0.406. The maximum absolute atomic E-state index is 13.0. The number of anilines is 1. The standard InChI is InChI=1S/C21H19ClN4O5S3/c22-16-7-6-15(12-18(16)34(29,30)26-8-10-31-11-9-26)19(28)23-20-24-25-21(33-20)32-13-17(27)14-4-2-1-3-5-14/h1-7,12H,8-11,13H2,(H,23,24,28). The zero-order valence-corrected chi connectivity index (χ0v) is 20.8. The van der Waals surface area contributed by atoms with E-state index >= 15 is 0 Å². The second kappa shape index (κ2) is 10.9. The zero-order chi connectivity index (χ0) is 24.1. The first-order chi connectivity index (χ1) is 16.3. The highest BCUT2D eigenvalue weighted by Gasteiger charge is 2.29. The van der Waals surface area contributed by atoms with Gasteiger partial charge in [-0.05, 0) is 18.2 Å². The van der Waals surface area contributed by atoms with E-state index in [0.29, 0.717) is 23.1 Å². The Bertz CT molecular complexity index is 1290. The Hall–Kier alpha value is -2.35. The van der Waals surface area contributed by atoms with Gasteiger partial charge in [-0.15, -0.1) is 10.2 Å². The summed E-state index contributed by atoms with van der Waals surface area (Å²) in [6.07, 6.45) is 0. The van der Waals surface area contributed by atoms with Crippen LogP contribution in [0.1, 0.15) is 20.7 Å². The summed E-state index contributed by atoms with van der Waals surface area (Å²) in [4.78, 5) is 24.8. The molecule has 13 heteroatoms. The van der Waals surface area contributed by atoms with Crippen molar-refractivity contribution in [3.8, 4) is 0 Å². The molecule has 2 aromatic carbocycles. The minimum absolute atomic E-state index is 0.0285. The molecule has 0 bridgehead atoms. The minimum atomic E-state index is -3.88. The molecule has 1 aliphatic heterocycles. The number of rotatable bonds is 8. The maximum atomic E-state index is 13.0. The van der Waals surface area contributed by atoms with Gasteiger partial charge in [0.15, 0.2) is 10.1 Å². The number of carbonyl (C=O) groups excluding carboxylic acids is 2. The van der Waals surface area contributed by atoms with Gasteiger partial charge in [0.25, 0.3) is 5.91 Å². The van der Waals surface area contributed by atoms with Crippen molar-refractivity contribution in [1.29, 1.82) is 0 Å². The third-order valence-electron chi connectivity index (χ3n) is 4.83. The summed E-state index contributed by atoms with van der Waals surface area (Å²) in [7, 11) is -3.88. The van der Waals surface area contributed by atoms with E-state index in [0.717, 1.165) is 11.3 Å². The third kappa shape index (κ3) is 5.82. The van der Waals surface area contributed by atoms with Gasteiger partial charge < -0.3 is 4.74 Å². The van der Waals surface area contributed by atoms with Gasteiger partial charge in [0.1, 0.15) is 4.90 Å². The molecule has 1 aliphatic rings. The highest BCUT2D eigenvalue weighted by atomic mass is 35.5. The van der Waals surface area contributed by atoms with E-state index in [2.05, 4.69) is 15.5 Å². The SMILES string of the molecule is O=C(CSc1nnc(NC(=O)c2ccc(Cl)c(S(=O)(=O)N3CCOCC3)c2)s1)c1ccccc1. The Morgan fingerprint density at radius 3 is 2.56 bits per heavy atom. The summed E-state index contributed by atoms with van der Waals surface area (Å²) in [5.41, 5.74) is 0.721. The molecule has 0 aliphatic carbocycles. The predicted octanol–water partition coefficient (Wildman–Crippen LogP) is 3.44. The van der Waals surface area contributed by atoms with Crippen LogP contribution in [0.4, 0.5) is 5.13 Å². The van der Waals surface area contributed by atoms with Gasteiger partial charge in [0, 0.05) is 24.2 Å². The summed E-state index contributed by atoms with van der Waals surface area (Å²) < 4.78 is 33.0. The van der Waals surface area contributed by atoms with E-state index in [4.69, 9.17) is 16.3 Å². The predicted molar refractivity (Wildman–Crippen MR) is 130 cm³/mol. The fourth-order valence-corrected chi connectivity index (χ4v) is 6.64. The molecule has 0 spiro atoms. The average Bonchev–Trinajstić information content (AvgIpc) is 3.31. The molecular formula is C21H19ClN4O5S3. The van der Waals surface area contributed by atoms with Gasteiger partial charge >= 0.3 is 0 Å². The second-order valence-electron chi connectivity index (χ2n) is 7.07. The number of benzene rings is 2. The van der Waals surface area contributed by atoms with Gasteiger partial charge in [0.05, 0.1) is 24.0 Å². The molecule has 34 heavy (non-hydrogen) atoms. The molecule has 1 aromatic heterocycles. The van der Waals surface area contributed by atoms with E-state index in [-0.39, 0.29) is 45.2 Å². The number of hydrogen-bond donors (Lipinski definition) is 1. The smallest absolute Gasteiger partial charge is 0.257 e. The lowest BCUT2D eigenvalue weighted by Crippen LogP contribution is -2.40. The Morgan fingerprint density at radius 1 is 1.09 bits per heavy atom. The van der Waals surface area contributed by atoms with Gasteiger partial charge in [-0.2, -0.15) is 4.31 Å². The van der Waals surface area contributed by atoms with Crippen molar-refractivity contribution in [3.05, 3.63) is 64.7 Å². The molecule has 4 rings (SSSR count). The number of aromatic nitrogens is 2. The lowest BCUT2D eigenvalue weighted by atomic mass is 10.2. The number of morpholine rings is 1. The van der Waals surface area contributed by atoms with Gasteiger partial charge in [-0.3, -0.25) is 14.9 Å². The Kier molecular flexibility index (Phi) is 7.96. The summed E-state index contributed by atoms with van der Waals surface area (Å²) >= 11 is 8.49. The largest absolute Gasteiger partial charge is 0.379 e. The van der Waals surface area contributed by atoms with E-state index in [1.165, 1.54) is 34.3 Å². The fraction of sp³-hybridized carbons (Fsp3) is 0.238. The first kappa shape index (κ1) is 24.8. The highest BCUT2D eigenvalue weighted by Crippen LogP contribution is 2.29. The summed E-state index contributed by atoms with van der Waals surface area (Å²) in [5, 5.41) is 10.8. The van der Waals surface area contributed by atoms with Crippen LogP contribution in [0, 0.1) is 0 Å². The molecule has 0 unspecified atom stereocenters. The highest BCUT2D eigenvalue weighted by molar-refractivity contribution is 8.01. The van der Waals surface area contributed by atoms with Crippen molar-refractivity contribution in [2.75, 3.05) is 37.4 Å².